The molecule has 2 rings (SSSR count). The lowest BCUT2D eigenvalue weighted by molar-refractivity contribution is 0.0950. The van der Waals surface area contributed by atoms with Crippen LogP contribution in [0.2, 0.25) is 0 Å². The molecule has 110 valence electrons. The summed E-state index contributed by atoms with van der Waals surface area (Å²) in [4.78, 5) is 15.6. The molecule has 0 atom stereocenters. The van der Waals surface area contributed by atoms with E-state index in [-0.39, 0.29) is 17.3 Å². The molecule has 1 amide bonds. The normalized spacial score (nSPS) is 22.5. The van der Waals surface area contributed by atoms with E-state index in [1.165, 1.54) is 25.7 Å². The number of aromatic nitrogens is 1. The molecule has 5 heteroatoms. The maximum absolute atomic E-state index is 13.1. The zero-order valence-electron chi connectivity index (χ0n) is 11.9. The molecular weight excluding hydrogens is 257 g/mol. The summed E-state index contributed by atoms with van der Waals surface area (Å²) in [7, 11) is 0. The predicted octanol–water partition coefficient (Wildman–Crippen LogP) is 2.75. The molecule has 0 saturated heterocycles. The molecule has 0 radical (unpaired) electrons. The summed E-state index contributed by atoms with van der Waals surface area (Å²) in [5.41, 5.74) is 5.69. The fraction of sp³-hybridized carbons (Fsp3) is 0.600. The lowest BCUT2D eigenvalue weighted by Gasteiger charge is -2.26. The van der Waals surface area contributed by atoms with Crippen LogP contribution < -0.4 is 11.1 Å². The third-order valence-corrected chi connectivity index (χ3v) is 4.10. The zero-order chi connectivity index (χ0) is 14.5. The van der Waals surface area contributed by atoms with Crippen molar-refractivity contribution < 1.29 is 9.18 Å². The Bertz CT molecular complexity index is 470. The monoisotopic (exact) mass is 279 g/mol. The van der Waals surface area contributed by atoms with Gasteiger partial charge in [0.05, 0.1) is 11.8 Å². The Morgan fingerprint density at radius 3 is 2.85 bits per heavy atom. The van der Waals surface area contributed by atoms with Crippen molar-refractivity contribution >= 4 is 11.7 Å². The first-order valence-electron chi connectivity index (χ1n) is 7.25. The van der Waals surface area contributed by atoms with E-state index in [2.05, 4.69) is 17.2 Å². The number of nitrogen functional groups attached to an aromatic ring is 1. The van der Waals surface area contributed by atoms with Crippen molar-refractivity contribution in [3.05, 3.63) is 23.6 Å². The summed E-state index contributed by atoms with van der Waals surface area (Å²) in [6.45, 7) is 2.89. The van der Waals surface area contributed by atoms with Gasteiger partial charge in [-0.1, -0.05) is 32.6 Å². The average molecular weight is 279 g/mol. The molecule has 1 aliphatic rings. The van der Waals surface area contributed by atoms with Gasteiger partial charge in [-0.05, 0) is 24.3 Å². The van der Waals surface area contributed by atoms with E-state index < -0.39 is 5.82 Å². The van der Waals surface area contributed by atoms with Crippen LogP contribution in [-0.4, -0.2) is 17.4 Å². The summed E-state index contributed by atoms with van der Waals surface area (Å²) >= 11 is 0. The van der Waals surface area contributed by atoms with Gasteiger partial charge in [0.2, 0.25) is 0 Å². The number of nitrogens with zero attached hydrogens (tertiary/aromatic N) is 1. The first-order valence-corrected chi connectivity index (χ1v) is 7.25. The minimum absolute atomic E-state index is 0.0652. The molecule has 20 heavy (non-hydrogen) atoms. The highest BCUT2D eigenvalue weighted by Gasteiger charge is 2.18. The van der Waals surface area contributed by atoms with Gasteiger partial charge in [-0.2, -0.15) is 0 Å². The Morgan fingerprint density at radius 2 is 2.15 bits per heavy atom. The minimum Gasteiger partial charge on any atom is -0.383 e. The number of carbonyl (C=O) groups excluding carboxylic acids is 1. The molecule has 1 heterocycles. The third-order valence-electron chi connectivity index (χ3n) is 4.10. The van der Waals surface area contributed by atoms with Crippen molar-refractivity contribution in [3.63, 3.8) is 0 Å². The van der Waals surface area contributed by atoms with E-state index >= 15 is 0 Å². The number of pyridine rings is 1. The molecule has 0 bridgehead atoms. The number of nitrogens with two attached hydrogens (primary N) is 1. The molecule has 1 saturated carbocycles. The van der Waals surface area contributed by atoms with Crippen LogP contribution in [0.3, 0.4) is 0 Å². The van der Waals surface area contributed by atoms with E-state index in [9.17, 15) is 9.18 Å². The van der Waals surface area contributed by atoms with Gasteiger partial charge in [-0.25, -0.2) is 9.37 Å². The van der Waals surface area contributed by atoms with Gasteiger partial charge in [0.1, 0.15) is 11.6 Å². The van der Waals surface area contributed by atoms with Crippen molar-refractivity contribution in [1.82, 2.24) is 10.3 Å². The Labute approximate surface area is 119 Å². The van der Waals surface area contributed by atoms with Crippen LogP contribution in [-0.2, 0) is 0 Å². The molecule has 1 aromatic heterocycles. The van der Waals surface area contributed by atoms with Gasteiger partial charge < -0.3 is 11.1 Å². The average Bonchev–Trinajstić information content (AvgIpc) is 2.43. The van der Waals surface area contributed by atoms with E-state index in [1.54, 1.807) is 0 Å². The van der Waals surface area contributed by atoms with Gasteiger partial charge >= 0.3 is 0 Å². The van der Waals surface area contributed by atoms with E-state index in [1.807, 2.05) is 0 Å². The molecule has 4 nitrogen and oxygen atoms in total. The van der Waals surface area contributed by atoms with Crippen LogP contribution in [0.5, 0.6) is 0 Å². The lowest BCUT2D eigenvalue weighted by atomic mass is 9.81. The van der Waals surface area contributed by atoms with Gasteiger partial charge in [-0.3, -0.25) is 4.79 Å². The highest BCUT2D eigenvalue weighted by atomic mass is 19.1. The molecule has 0 aliphatic heterocycles. The molecule has 3 N–H and O–H groups in total. The maximum atomic E-state index is 13.1. The van der Waals surface area contributed by atoms with Crippen LogP contribution in [0, 0.1) is 17.7 Å². The number of hydrogen-bond acceptors (Lipinski definition) is 3. The standard InChI is InChI=1S/C15H22FN3O/c1-10-2-4-11(5-3-10)6-7-18-15(20)13-8-12(16)9-19-14(13)17/h8-11H,2-7H2,1H3,(H2,17,19)(H,18,20). The second kappa shape index (κ2) is 6.68. The Balaban J connectivity index is 1.79. The predicted molar refractivity (Wildman–Crippen MR) is 76.7 cm³/mol. The number of rotatable bonds is 4. The summed E-state index contributed by atoms with van der Waals surface area (Å²) in [6, 6.07) is 1.12. The second-order valence-electron chi connectivity index (χ2n) is 5.76. The van der Waals surface area contributed by atoms with Gasteiger partial charge in [-0.15, -0.1) is 0 Å². The number of hydrogen-bond donors (Lipinski definition) is 2. The molecule has 0 aromatic carbocycles. The fourth-order valence-corrected chi connectivity index (χ4v) is 2.73. The van der Waals surface area contributed by atoms with Crippen LogP contribution in [0.15, 0.2) is 12.3 Å². The first-order chi connectivity index (χ1) is 9.56. The smallest absolute Gasteiger partial charge is 0.255 e. The molecular formula is C15H22FN3O. The summed E-state index contributed by atoms with van der Waals surface area (Å²) in [6.07, 6.45) is 7.01. The van der Waals surface area contributed by atoms with E-state index in [0.717, 1.165) is 24.6 Å². The minimum atomic E-state index is -0.550. The largest absolute Gasteiger partial charge is 0.383 e. The molecule has 1 aliphatic carbocycles. The molecule has 1 fully saturated rings. The topological polar surface area (TPSA) is 68.0 Å². The molecule has 0 unspecified atom stereocenters. The first kappa shape index (κ1) is 14.8. The van der Waals surface area contributed by atoms with Crippen LogP contribution in [0.4, 0.5) is 10.2 Å². The lowest BCUT2D eigenvalue weighted by Crippen LogP contribution is -2.28. The maximum Gasteiger partial charge on any atom is 0.255 e. The molecule has 0 spiro atoms. The molecule has 1 aromatic rings. The number of carbonyl (C=O) groups is 1. The van der Waals surface area contributed by atoms with Crippen molar-refractivity contribution in [3.8, 4) is 0 Å². The van der Waals surface area contributed by atoms with Crippen LogP contribution >= 0.6 is 0 Å². The number of anilines is 1. The number of amides is 1. The third kappa shape index (κ3) is 3.92. The number of nitrogens with one attached hydrogen (secondary N) is 1. The van der Waals surface area contributed by atoms with E-state index in [4.69, 9.17) is 5.73 Å². The highest BCUT2D eigenvalue weighted by molar-refractivity contribution is 5.98. The van der Waals surface area contributed by atoms with E-state index in [0.29, 0.717) is 12.5 Å². The van der Waals surface area contributed by atoms with Crippen LogP contribution in [0.25, 0.3) is 0 Å². The Morgan fingerprint density at radius 1 is 1.45 bits per heavy atom. The van der Waals surface area contributed by atoms with Crippen molar-refractivity contribution in [2.75, 3.05) is 12.3 Å². The van der Waals surface area contributed by atoms with Crippen molar-refractivity contribution in [2.45, 2.75) is 39.0 Å². The quantitative estimate of drug-likeness (QED) is 0.890. The highest BCUT2D eigenvalue weighted by Crippen LogP contribution is 2.29. The summed E-state index contributed by atoms with van der Waals surface area (Å²) in [5, 5.41) is 2.80. The van der Waals surface area contributed by atoms with Gasteiger partial charge in [0.25, 0.3) is 5.91 Å². The van der Waals surface area contributed by atoms with Gasteiger partial charge in [0, 0.05) is 6.54 Å². The van der Waals surface area contributed by atoms with Crippen molar-refractivity contribution in [1.29, 1.82) is 0 Å². The Kier molecular flexibility index (Phi) is 4.93. The fourth-order valence-electron chi connectivity index (χ4n) is 2.73. The van der Waals surface area contributed by atoms with Gasteiger partial charge in [0.15, 0.2) is 0 Å². The second-order valence-corrected chi connectivity index (χ2v) is 5.76. The zero-order valence-corrected chi connectivity index (χ0v) is 11.9. The Hall–Kier alpha value is -1.65. The SMILES string of the molecule is CC1CCC(CCNC(=O)c2cc(F)cnc2N)CC1. The number of halogens is 1. The van der Waals surface area contributed by atoms with Crippen molar-refractivity contribution in [2.24, 2.45) is 11.8 Å². The summed E-state index contributed by atoms with van der Waals surface area (Å²) < 4.78 is 13.1. The summed E-state index contributed by atoms with van der Waals surface area (Å²) in [5.74, 6) is 0.688. The van der Waals surface area contributed by atoms with Crippen LogP contribution in [0.1, 0.15) is 49.4 Å².